The average Bonchev–Trinajstić information content (AvgIpc) is 3.17. The number of para-hydroxylation sites is 2. The predicted octanol–water partition coefficient (Wildman–Crippen LogP) is 3.30. The van der Waals surface area contributed by atoms with Crippen LogP contribution in [0.25, 0.3) is 11.0 Å². The minimum Gasteiger partial charge on any atom is -0.338 e. The molecule has 1 aromatic carbocycles. The number of carbonyl (C=O) groups is 1. The van der Waals surface area contributed by atoms with Crippen molar-refractivity contribution < 1.29 is 4.79 Å². The van der Waals surface area contributed by atoms with E-state index in [-0.39, 0.29) is 6.03 Å². The van der Waals surface area contributed by atoms with E-state index in [0.29, 0.717) is 13.1 Å². The molecule has 2 amide bonds. The zero-order valence-corrected chi connectivity index (χ0v) is 13.9. The number of benzene rings is 1. The van der Waals surface area contributed by atoms with Gasteiger partial charge in [0.05, 0.1) is 17.6 Å². The first-order chi connectivity index (χ1) is 11.2. The summed E-state index contributed by atoms with van der Waals surface area (Å²) in [5.41, 5.74) is 2.17. The molecule has 0 atom stereocenters. The number of aromatic nitrogens is 2. The third kappa shape index (κ3) is 3.90. The summed E-state index contributed by atoms with van der Waals surface area (Å²) in [7, 11) is 0. The number of rotatable bonds is 6. The fraction of sp³-hybridized carbons (Fsp3) is 0.294. The van der Waals surface area contributed by atoms with Crippen LogP contribution in [0.5, 0.6) is 0 Å². The highest BCUT2D eigenvalue weighted by molar-refractivity contribution is 7.09. The SMILES string of the molecule is Cc1nc2ccccc2n1CCCNC(=O)NCc1cccs1. The number of urea groups is 1. The van der Waals surface area contributed by atoms with Gasteiger partial charge in [-0.25, -0.2) is 9.78 Å². The average molecular weight is 328 g/mol. The Morgan fingerprint density at radius 2 is 2.09 bits per heavy atom. The van der Waals surface area contributed by atoms with Crippen molar-refractivity contribution in [3.63, 3.8) is 0 Å². The minimum atomic E-state index is -0.120. The van der Waals surface area contributed by atoms with Gasteiger partial charge in [-0.05, 0) is 36.9 Å². The van der Waals surface area contributed by atoms with Gasteiger partial charge in [-0.2, -0.15) is 0 Å². The van der Waals surface area contributed by atoms with E-state index in [0.717, 1.165) is 34.7 Å². The number of hydrogen-bond donors (Lipinski definition) is 2. The maximum absolute atomic E-state index is 11.7. The van der Waals surface area contributed by atoms with Gasteiger partial charge in [-0.15, -0.1) is 11.3 Å². The first-order valence-corrected chi connectivity index (χ1v) is 8.58. The van der Waals surface area contributed by atoms with Gasteiger partial charge in [0, 0.05) is 18.0 Å². The third-order valence-electron chi connectivity index (χ3n) is 3.69. The molecule has 2 N–H and O–H groups in total. The Kier molecular flexibility index (Phi) is 4.92. The standard InChI is InChI=1S/C17H20N4OS/c1-13-20-15-7-2-3-8-16(15)21(13)10-5-9-18-17(22)19-12-14-6-4-11-23-14/h2-4,6-8,11H,5,9-10,12H2,1H3,(H2,18,19,22). The molecule has 2 heterocycles. The van der Waals surface area contributed by atoms with Crippen molar-refractivity contribution in [3.05, 3.63) is 52.5 Å². The van der Waals surface area contributed by atoms with E-state index in [9.17, 15) is 4.79 Å². The Morgan fingerprint density at radius 1 is 1.22 bits per heavy atom. The number of nitrogens with one attached hydrogen (secondary N) is 2. The molecule has 0 aliphatic carbocycles. The van der Waals surface area contributed by atoms with E-state index in [1.54, 1.807) is 11.3 Å². The zero-order valence-electron chi connectivity index (χ0n) is 13.1. The normalized spacial score (nSPS) is 10.8. The molecule has 0 fully saturated rings. The summed E-state index contributed by atoms with van der Waals surface area (Å²) in [6, 6.07) is 12.0. The molecule has 0 radical (unpaired) electrons. The van der Waals surface area contributed by atoms with Gasteiger partial charge in [-0.3, -0.25) is 0 Å². The molecule has 0 saturated heterocycles. The summed E-state index contributed by atoms with van der Waals surface area (Å²) in [4.78, 5) is 17.4. The van der Waals surface area contributed by atoms with Crippen LogP contribution in [0.1, 0.15) is 17.1 Å². The second kappa shape index (κ2) is 7.28. The number of imidazole rings is 1. The molecule has 0 aliphatic rings. The van der Waals surface area contributed by atoms with Gasteiger partial charge in [0.1, 0.15) is 5.82 Å². The van der Waals surface area contributed by atoms with Gasteiger partial charge >= 0.3 is 6.03 Å². The lowest BCUT2D eigenvalue weighted by atomic mass is 10.3. The minimum absolute atomic E-state index is 0.120. The first-order valence-electron chi connectivity index (χ1n) is 7.70. The molecular weight excluding hydrogens is 308 g/mol. The number of nitrogens with zero attached hydrogens (tertiary/aromatic N) is 2. The Hall–Kier alpha value is -2.34. The van der Waals surface area contributed by atoms with Crippen molar-refractivity contribution in [2.75, 3.05) is 6.54 Å². The molecule has 0 saturated carbocycles. The van der Waals surface area contributed by atoms with E-state index in [4.69, 9.17) is 0 Å². The van der Waals surface area contributed by atoms with E-state index in [1.165, 1.54) is 0 Å². The highest BCUT2D eigenvalue weighted by Gasteiger charge is 2.06. The number of hydrogen-bond acceptors (Lipinski definition) is 3. The van der Waals surface area contributed by atoms with E-state index >= 15 is 0 Å². The van der Waals surface area contributed by atoms with Gasteiger partial charge in [-0.1, -0.05) is 18.2 Å². The number of aryl methyl sites for hydroxylation is 2. The van der Waals surface area contributed by atoms with Crippen LogP contribution in [0.2, 0.25) is 0 Å². The molecular formula is C17H20N4OS. The summed E-state index contributed by atoms with van der Waals surface area (Å²) >= 11 is 1.64. The van der Waals surface area contributed by atoms with Crippen LogP contribution >= 0.6 is 11.3 Å². The Balaban J connectivity index is 1.44. The summed E-state index contributed by atoms with van der Waals surface area (Å²) < 4.78 is 2.20. The molecule has 5 nitrogen and oxygen atoms in total. The van der Waals surface area contributed by atoms with Gasteiger partial charge in [0.15, 0.2) is 0 Å². The number of thiophene rings is 1. The van der Waals surface area contributed by atoms with Crippen LogP contribution in [0, 0.1) is 6.92 Å². The Labute approximate surface area is 139 Å². The topological polar surface area (TPSA) is 59.0 Å². The molecule has 3 rings (SSSR count). The molecule has 0 unspecified atom stereocenters. The van der Waals surface area contributed by atoms with Crippen molar-refractivity contribution in [2.45, 2.75) is 26.4 Å². The van der Waals surface area contributed by atoms with Crippen molar-refractivity contribution in [3.8, 4) is 0 Å². The maximum Gasteiger partial charge on any atom is 0.315 e. The van der Waals surface area contributed by atoms with Crippen molar-refractivity contribution in [1.82, 2.24) is 20.2 Å². The fourth-order valence-corrected chi connectivity index (χ4v) is 3.20. The lowest BCUT2D eigenvalue weighted by Crippen LogP contribution is -2.35. The van der Waals surface area contributed by atoms with E-state index in [1.807, 2.05) is 42.6 Å². The number of amides is 2. The smallest absolute Gasteiger partial charge is 0.315 e. The molecule has 0 aliphatic heterocycles. The Morgan fingerprint density at radius 3 is 2.91 bits per heavy atom. The maximum atomic E-state index is 11.7. The second-order valence-electron chi connectivity index (χ2n) is 5.34. The summed E-state index contributed by atoms with van der Waals surface area (Å²) in [6.45, 7) is 4.08. The molecule has 6 heteroatoms. The van der Waals surface area contributed by atoms with Crippen molar-refractivity contribution in [1.29, 1.82) is 0 Å². The van der Waals surface area contributed by atoms with Crippen LogP contribution in [-0.4, -0.2) is 22.1 Å². The third-order valence-corrected chi connectivity index (χ3v) is 4.57. The van der Waals surface area contributed by atoms with Gasteiger partial charge < -0.3 is 15.2 Å². The molecule has 23 heavy (non-hydrogen) atoms. The summed E-state index contributed by atoms with van der Waals surface area (Å²) in [5, 5.41) is 7.76. The molecule has 3 aromatic rings. The quantitative estimate of drug-likeness (QED) is 0.682. The van der Waals surface area contributed by atoms with Gasteiger partial charge in [0.25, 0.3) is 0 Å². The van der Waals surface area contributed by atoms with Crippen molar-refractivity contribution in [2.24, 2.45) is 0 Å². The Bertz CT molecular complexity index is 779. The van der Waals surface area contributed by atoms with E-state index < -0.39 is 0 Å². The summed E-state index contributed by atoms with van der Waals surface area (Å²) in [5.74, 6) is 1.01. The van der Waals surface area contributed by atoms with E-state index in [2.05, 4.69) is 26.3 Å². The van der Waals surface area contributed by atoms with Crippen molar-refractivity contribution >= 4 is 28.4 Å². The lowest BCUT2D eigenvalue weighted by Gasteiger charge is -2.09. The highest BCUT2D eigenvalue weighted by Crippen LogP contribution is 2.15. The zero-order chi connectivity index (χ0) is 16.1. The molecule has 120 valence electrons. The van der Waals surface area contributed by atoms with Crippen LogP contribution in [0.3, 0.4) is 0 Å². The largest absolute Gasteiger partial charge is 0.338 e. The first kappa shape index (κ1) is 15.6. The molecule has 2 aromatic heterocycles. The van der Waals surface area contributed by atoms with Gasteiger partial charge in [0.2, 0.25) is 0 Å². The van der Waals surface area contributed by atoms with Crippen LogP contribution in [0.4, 0.5) is 4.79 Å². The summed E-state index contributed by atoms with van der Waals surface area (Å²) in [6.07, 6.45) is 0.869. The predicted molar refractivity (Wildman–Crippen MR) is 93.6 cm³/mol. The monoisotopic (exact) mass is 328 g/mol. The van der Waals surface area contributed by atoms with Crippen LogP contribution < -0.4 is 10.6 Å². The number of fused-ring (bicyclic) bond motifs is 1. The second-order valence-corrected chi connectivity index (χ2v) is 6.37. The molecule has 0 bridgehead atoms. The molecule has 0 spiro atoms. The number of carbonyl (C=O) groups excluding carboxylic acids is 1. The van der Waals surface area contributed by atoms with Crippen LogP contribution in [0.15, 0.2) is 41.8 Å². The van der Waals surface area contributed by atoms with Crippen LogP contribution in [-0.2, 0) is 13.1 Å². The highest BCUT2D eigenvalue weighted by atomic mass is 32.1. The fourth-order valence-electron chi connectivity index (χ4n) is 2.56. The lowest BCUT2D eigenvalue weighted by molar-refractivity contribution is 0.240.